The Balaban J connectivity index is 2.16. The van der Waals surface area contributed by atoms with E-state index in [0.717, 1.165) is 0 Å². The first-order valence-corrected chi connectivity index (χ1v) is 5.94. The molecule has 1 aromatic carbocycles. The van der Waals surface area contributed by atoms with Crippen molar-refractivity contribution in [1.82, 2.24) is 5.32 Å². The number of hydrogen-bond donors (Lipinski definition) is 2. The van der Waals surface area contributed by atoms with Crippen molar-refractivity contribution < 1.29 is 23.8 Å². The fraction of sp³-hybridized carbons (Fsp3) is 0.462. The molecule has 0 fully saturated rings. The molecule has 0 radical (unpaired) electrons. The highest BCUT2D eigenvalue weighted by atomic mass is 19.1. The Kier molecular flexibility index (Phi) is 6.84. The van der Waals surface area contributed by atoms with Gasteiger partial charge in [0.25, 0.3) is 5.91 Å². The van der Waals surface area contributed by atoms with Gasteiger partial charge in [0.2, 0.25) is 0 Å². The van der Waals surface area contributed by atoms with Crippen LogP contribution in [0.3, 0.4) is 0 Å². The average molecular weight is 271 g/mol. The molecule has 19 heavy (non-hydrogen) atoms. The lowest BCUT2D eigenvalue weighted by Gasteiger charge is -2.10. The van der Waals surface area contributed by atoms with E-state index in [1.54, 1.807) is 0 Å². The van der Waals surface area contributed by atoms with Crippen molar-refractivity contribution in [2.45, 2.75) is 12.5 Å². The number of aliphatic hydroxyl groups is 1. The van der Waals surface area contributed by atoms with Crippen molar-refractivity contribution in [2.24, 2.45) is 0 Å². The van der Waals surface area contributed by atoms with Gasteiger partial charge in [-0.15, -0.1) is 0 Å². The number of carbonyl (C=O) groups is 1. The van der Waals surface area contributed by atoms with E-state index in [1.807, 2.05) is 0 Å². The molecular formula is C13H18FNO4. The van der Waals surface area contributed by atoms with Crippen LogP contribution in [0.5, 0.6) is 5.75 Å². The molecule has 1 unspecified atom stereocenters. The van der Waals surface area contributed by atoms with Gasteiger partial charge in [0.1, 0.15) is 11.6 Å². The van der Waals surface area contributed by atoms with Gasteiger partial charge in [-0.2, -0.15) is 0 Å². The Morgan fingerprint density at radius 1 is 1.42 bits per heavy atom. The van der Waals surface area contributed by atoms with E-state index in [-0.39, 0.29) is 24.9 Å². The van der Waals surface area contributed by atoms with Crippen LogP contribution in [0, 0.1) is 5.82 Å². The second-order valence-corrected chi connectivity index (χ2v) is 3.99. The molecule has 1 atom stereocenters. The zero-order chi connectivity index (χ0) is 14.1. The zero-order valence-electron chi connectivity index (χ0n) is 10.8. The third kappa shape index (κ3) is 6.73. The van der Waals surface area contributed by atoms with Crippen LogP contribution < -0.4 is 10.1 Å². The van der Waals surface area contributed by atoms with E-state index in [2.05, 4.69) is 5.32 Å². The largest absolute Gasteiger partial charge is 0.484 e. The zero-order valence-corrected chi connectivity index (χ0v) is 10.8. The predicted molar refractivity (Wildman–Crippen MR) is 67.4 cm³/mol. The van der Waals surface area contributed by atoms with Crippen molar-refractivity contribution in [3.8, 4) is 5.75 Å². The van der Waals surface area contributed by atoms with Crippen LogP contribution in [0.2, 0.25) is 0 Å². The molecule has 0 bridgehead atoms. The summed E-state index contributed by atoms with van der Waals surface area (Å²) < 4.78 is 22.5. The van der Waals surface area contributed by atoms with E-state index in [0.29, 0.717) is 18.7 Å². The summed E-state index contributed by atoms with van der Waals surface area (Å²) in [7, 11) is 1.50. The smallest absolute Gasteiger partial charge is 0.257 e. The monoisotopic (exact) mass is 271 g/mol. The fourth-order valence-electron chi connectivity index (χ4n) is 1.38. The van der Waals surface area contributed by atoms with Gasteiger partial charge in [0.15, 0.2) is 6.61 Å². The van der Waals surface area contributed by atoms with Gasteiger partial charge >= 0.3 is 0 Å². The summed E-state index contributed by atoms with van der Waals surface area (Å²) in [6.07, 6.45) is -0.181. The molecule has 0 aliphatic rings. The van der Waals surface area contributed by atoms with Crippen LogP contribution in [0.15, 0.2) is 24.3 Å². The van der Waals surface area contributed by atoms with Gasteiger partial charge in [-0.3, -0.25) is 4.79 Å². The number of hydrogen-bond acceptors (Lipinski definition) is 4. The van der Waals surface area contributed by atoms with Crippen molar-refractivity contribution >= 4 is 5.91 Å². The van der Waals surface area contributed by atoms with Gasteiger partial charge in [0.05, 0.1) is 12.7 Å². The number of benzene rings is 1. The van der Waals surface area contributed by atoms with Gasteiger partial charge in [-0.25, -0.2) is 4.39 Å². The first kappa shape index (κ1) is 15.4. The Morgan fingerprint density at radius 2 is 2.11 bits per heavy atom. The minimum atomic E-state index is -0.594. The standard InChI is InChI=1S/C13H18FNO4/c1-18-8-11(16)6-7-15-13(17)9-19-12-4-2-10(14)3-5-12/h2-5,11,16H,6-9H2,1H3,(H,15,17). The van der Waals surface area contributed by atoms with E-state index < -0.39 is 6.10 Å². The Hall–Kier alpha value is -1.66. The van der Waals surface area contributed by atoms with E-state index in [1.165, 1.54) is 31.4 Å². The number of halogens is 1. The maximum absolute atomic E-state index is 12.6. The van der Waals surface area contributed by atoms with Gasteiger partial charge < -0.3 is 19.9 Å². The number of rotatable bonds is 8. The lowest BCUT2D eigenvalue weighted by Crippen LogP contribution is -2.32. The molecule has 0 spiro atoms. The van der Waals surface area contributed by atoms with Crippen molar-refractivity contribution in [1.29, 1.82) is 0 Å². The van der Waals surface area contributed by atoms with Crippen molar-refractivity contribution in [2.75, 3.05) is 26.9 Å². The molecule has 106 valence electrons. The first-order chi connectivity index (χ1) is 9.11. The predicted octanol–water partition coefficient (Wildman–Crippen LogP) is 0.718. The summed E-state index contributed by atoms with van der Waals surface area (Å²) in [5, 5.41) is 12.0. The summed E-state index contributed by atoms with van der Waals surface area (Å²) >= 11 is 0. The summed E-state index contributed by atoms with van der Waals surface area (Å²) in [5.74, 6) is -0.228. The molecule has 1 rings (SSSR count). The maximum Gasteiger partial charge on any atom is 0.257 e. The Labute approximate surface area is 111 Å². The van der Waals surface area contributed by atoms with Crippen LogP contribution in [0.4, 0.5) is 4.39 Å². The molecule has 1 aromatic rings. The third-order valence-electron chi connectivity index (χ3n) is 2.34. The number of aliphatic hydroxyl groups excluding tert-OH is 1. The summed E-state index contributed by atoms with van der Waals surface area (Å²) in [4.78, 5) is 11.4. The molecular weight excluding hydrogens is 253 g/mol. The number of nitrogens with one attached hydrogen (secondary N) is 1. The molecule has 6 heteroatoms. The highest BCUT2D eigenvalue weighted by Gasteiger charge is 2.06. The average Bonchev–Trinajstić information content (AvgIpc) is 2.38. The molecule has 0 heterocycles. The molecule has 0 aliphatic heterocycles. The molecule has 2 N–H and O–H groups in total. The number of amides is 1. The van der Waals surface area contributed by atoms with E-state index >= 15 is 0 Å². The molecule has 0 aliphatic carbocycles. The van der Waals surface area contributed by atoms with Gasteiger partial charge in [-0.1, -0.05) is 0 Å². The van der Waals surface area contributed by atoms with Crippen molar-refractivity contribution in [3.05, 3.63) is 30.1 Å². The van der Waals surface area contributed by atoms with Crippen LogP contribution in [0.25, 0.3) is 0 Å². The minimum absolute atomic E-state index is 0.147. The van der Waals surface area contributed by atoms with Gasteiger partial charge in [0, 0.05) is 13.7 Å². The topological polar surface area (TPSA) is 67.8 Å². The molecule has 5 nitrogen and oxygen atoms in total. The normalized spacial score (nSPS) is 11.9. The number of ether oxygens (including phenoxy) is 2. The quantitative estimate of drug-likeness (QED) is 0.731. The van der Waals surface area contributed by atoms with E-state index in [4.69, 9.17) is 9.47 Å². The van der Waals surface area contributed by atoms with Gasteiger partial charge in [-0.05, 0) is 30.7 Å². The van der Waals surface area contributed by atoms with Crippen LogP contribution in [-0.2, 0) is 9.53 Å². The second-order valence-electron chi connectivity index (χ2n) is 3.99. The minimum Gasteiger partial charge on any atom is -0.484 e. The Morgan fingerprint density at radius 3 is 2.74 bits per heavy atom. The van der Waals surface area contributed by atoms with Crippen LogP contribution in [-0.4, -0.2) is 44.0 Å². The molecule has 1 amide bonds. The molecule has 0 saturated carbocycles. The Bertz CT molecular complexity index is 383. The SMILES string of the molecule is COCC(O)CCNC(=O)COc1ccc(F)cc1. The first-order valence-electron chi connectivity index (χ1n) is 5.94. The number of carbonyl (C=O) groups excluding carboxylic acids is 1. The van der Waals surface area contributed by atoms with Crippen LogP contribution in [0.1, 0.15) is 6.42 Å². The molecule has 0 aromatic heterocycles. The lowest BCUT2D eigenvalue weighted by atomic mass is 10.2. The van der Waals surface area contributed by atoms with E-state index in [9.17, 15) is 14.3 Å². The lowest BCUT2D eigenvalue weighted by molar-refractivity contribution is -0.123. The summed E-state index contributed by atoms with van der Waals surface area (Å²) in [6, 6.07) is 5.42. The number of methoxy groups -OCH3 is 1. The molecule has 0 saturated heterocycles. The second kappa shape index (κ2) is 8.44. The fourth-order valence-corrected chi connectivity index (χ4v) is 1.38. The van der Waals surface area contributed by atoms with Crippen molar-refractivity contribution in [3.63, 3.8) is 0 Å². The summed E-state index contributed by atoms with van der Waals surface area (Å²) in [6.45, 7) is 0.435. The third-order valence-corrected chi connectivity index (χ3v) is 2.34. The summed E-state index contributed by atoms with van der Waals surface area (Å²) in [5.41, 5.74) is 0. The maximum atomic E-state index is 12.6. The van der Waals surface area contributed by atoms with Crippen LogP contribution >= 0.6 is 0 Å². The highest BCUT2D eigenvalue weighted by Crippen LogP contribution is 2.10. The highest BCUT2D eigenvalue weighted by molar-refractivity contribution is 5.77.